The van der Waals surface area contributed by atoms with Crippen LogP contribution in [0.4, 0.5) is 28.8 Å². The Morgan fingerprint density at radius 3 is 2.35 bits per heavy atom. The summed E-state index contributed by atoms with van der Waals surface area (Å²) in [6.07, 6.45) is -4.59. The van der Waals surface area contributed by atoms with Gasteiger partial charge in [-0.15, -0.1) is 11.3 Å². The van der Waals surface area contributed by atoms with Crippen LogP contribution in [0.1, 0.15) is 5.69 Å². The number of carbonyl (C=O) groups excluding carboxylic acids is 1. The number of thiazole rings is 1. The molecule has 0 bridgehead atoms. The van der Waals surface area contributed by atoms with Gasteiger partial charge in [-0.2, -0.15) is 13.2 Å². The van der Waals surface area contributed by atoms with Crippen molar-refractivity contribution in [2.45, 2.75) is 6.18 Å². The number of primary amides is 1. The Morgan fingerprint density at radius 1 is 1.30 bits per heavy atom. The average Bonchev–Trinajstić information content (AvgIpc) is 2.80. The number of halogens is 3. The van der Waals surface area contributed by atoms with E-state index in [1.54, 1.807) is 0 Å². The number of carbonyl (C=O) groups is 1. The van der Waals surface area contributed by atoms with E-state index >= 15 is 0 Å². The van der Waals surface area contributed by atoms with Crippen LogP contribution in [-0.4, -0.2) is 16.1 Å². The Balaban J connectivity index is 2.41. The molecule has 0 unspecified atom stereocenters. The predicted molar refractivity (Wildman–Crippen MR) is 66.9 cm³/mol. The number of hydrogen-bond acceptors (Lipinski definition) is 4. The Bertz CT molecular complexity index is 625. The fraction of sp³-hybridized carbons (Fsp3) is 0.0909. The zero-order valence-electron chi connectivity index (χ0n) is 9.76. The molecule has 2 amide bonds. The molecule has 1 aromatic carbocycles. The van der Waals surface area contributed by atoms with Gasteiger partial charge in [0.05, 0.1) is 5.69 Å². The molecule has 2 rings (SSSR count). The second kappa shape index (κ2) is 5.00. The molecule has 9 heteroatoms. The molecule has 0 saturated carbocycles. The van der Waals surface area contributed by atoms with Gasteiger partial charge in [-0.3, -0.25) is 0 Å². The third-order valence-corrected chi connectivity index (χ3v) is 3.13. The van der Waals surface area contributed by atoms with Crippen molar-refractivity contribution in [3.8, 4) is 5.75 Å². The van der Waals surface area contributed by atoms with Crippen molar-refractivity contribution in [2.24, 2.45) is 5.73 Å². The van der Waals surface area contributed by atoms with Crippen molar-refractivity contribution in [3.05, 3.63) is 35.3 Å². The highest BCUT2D eigenvalue weighted by Gasteiger charge is 2.35. The van der Waals surface area contributed by atoms with Gasteiger partial charge in [0.25, 0.3) is 0 Å². The zero-order chi connectivity index (χ0) is 14.9. The Morgan fingerprint density at radius 2 is 1.90 bits per heavy atom. The van der Waals surface area contributed by atoms with Crippen LogP contribution in [0.2, 0.25) is 0 Å². The van der Waals surface area contributed by atoms with E-state index in [9.17, 15) is 18.0 Å². The van der Waals surface area contributed by atoms with Gasteiger partial charge in [0.1, 0.15) is 5.75 Å². The predicted octanol–water partition coefficient (Wildman–Crippen LogP) is 3.08. The lowest BCUT2D eigenvalue weighted by atomic mass is 10.3. The maximum Gasteiger partial charge on any atom is 0.434 e. The molecule has 0 aliphatic heterocycles. The molecule has 1 heterocycles. The monoisotopic (exact) mass is 303 g/mol. The second-order valence-electron chi connectivity index (χ2n) is 3.70. The van der Waals surface area contributed by atoms with Crippen LogP contribution in [0.3, 0.4) is 0 Å². The summed E-state index contributed by atoms with van der Waals surface area (Å²) in [7, 11) is 0. The molecule has 1 aromatic heterocycles. The molecule has 5 nitrogen and oxygen atoms in total. The van der Waals surface area contributed by atoms with Gasteiger partial charge in [-0.25, -0.2) is 14.7 Å². The highest BCUT2D eigenvalue weighted by Crippen LogP contribution is 2.35. The lowest BCUT2D eigenvalue weighted by Gasteiger charge is -2.17. The van der Waals surface area contributed by atoms with E-state index in [1.807, 2.05) is 0 Å². The number of aromatic nitrogens is 1. The molecule has 20 heavy (non-hydrogen) atoms. The minimum absolute atomic E-state index is 0.0479. The Hall–Kier alpha value is -2.29. The summed E-state index contributed by atoms with van der Waals surface area (Å²) in [5.74, 6) is -0.0479. The zero-order valence-corrected chi connectivity index (χ0v) is 10.6. The number of alkyl halides is 3. The number of urea groups is 1. The third-order valence-electron chi connectivity index (χ3n) is 2.30. The summed E-state index contributed by atoms with van der Waals surface area (Å²) in [5, 5.41) is 9.76. The van der Waals surface area contributed by atoms with Crippen LogP contribution in [0.15, 0.2) is 29.6 Å². The number of benzene rings is 1. The number of phenolic OH excluding ortho intramolecular Hbond substituents is 1. The number of rotatable bonds is 2. The highest BCUT2D eigenvalue weighted by molar-refractivity contribution is 7.14. The number of nitrogens with zero attached hydrogens (tertiary/aromatic N) is 2. The maximum absolute atomic E-state index is 12.5. The lowest BCUT2D eigenvalue weighted by molar-refractivity contribution is -0.140. The van der Waals surface area contributed by atoms with E-state index in [2.05, 4.69) is 4.98 Å². The molecule has 2 aromatic rings. The van der Waals surface area contributed by atoms with Crippen LogP contribution < -0.4 is 10.6 Å². The summed E-state index contributed by atoms with van der Waals surface area (Å²) in [6.45, 7) is 0. The van der Waals surface area contributed by atoms with Crippen molar-refractivity contribution in [1.29, 1.82) is 0 Å². The fourth-order valence-corrected chi connectivity index (χ4v) is 2.29. The number of amides is 2. The SMILES string of the molecule is NC(=O)N(c1ccc(O)cc1)c1nc(C(F)(F)F)cs1. The summed E-state index contributed by atoms with van der Waals surface area (Å²) < 4.78 is 37.5. The van der Waals surface area contributed by atoms with Crippen molar-refractivity contribution in [2.75, 3.05) is 4.90 Å². The van der Waals surface area contributed by atoms with Crippen LogP contribution in [0.5, 0.6) is 5.75 Å². The standard InChI is InChI=1S/C11H8F3N3O2S/c12-11(13,14)8-5-20-10(16-8)17(9(15)19)6-1-3-7(18)4-2-6/h1-5,18H,(H2,15,19). The van der Waals surface area contributed by atoms with Crippen LogP contribution >= 0.6 is 11.3 Å². The van der Waals surface area contributed by atoms with Crippen LogP contribution in [0.25, 0.3) is 0 Å². The number of anilines is 2. The highest BCUT2D eigenvalue weighted by atomic mass is 32.1. The molecule has 0 fully saturated rings. The first-order valence-electron chi connectivity index (χ1n) is 5.20. The van der Waals surface area contributed by atoms with Gasteiger partial charge >= 0.3 is 12.2 Å². The molecule has 0 aliphatic rings. The topological polar surface area (TPSA) is 79.5 Å². The first-order chi connectivity index (χ1) is 9.29. The van der Waals surface area contributed by atoms with Gasteiger partial charge in [0.15, 0.2) is 10.8 Å². The third kappa shape index (κ3) is 2.82. The molecule has 0 saturated heterocycles. The molecular formula is C11H8F3N3O2S. The molecular weight excluding hydrogens is 295 g/mol. The van der Waals surface area contributed by atoms with Crippen LogP contribution in [-0.2, 0) is 6.18 Å². The van der Waals surface area contributed by atoms with Crippen molar-refractivity contribution < 1.29 is 23.1 Å². The smallest absolute Gasteiger partial charge is 0.434 e. The van der Waals surface area contributed by atoms with E-state index in [0.29, 0.717) is 11.3 Å². The number of phenols is 1. The summed E-state index contributed by atoms with van der Waals surface area (Å²) >= 11 is 0.643. The molecule has 0 aliphatic carbocycles. The number of aromatic hydroxyl groups is 1. The van der Waals surface area contributed by atoms with E-state index in [4.69, 9.17) is 10.8 Å². The molecule has 0 atom stereocenters. The summed E-state index contributed by atoms with van der Waals surface area (Å²) in [6, 6.07) is 4.27. The lowest BCUT2D eigenvalue weighted by Crippen LogP contribution is -2.31. The maximum atomic E-state index is 12.5. The molecule has 0 spiro atoms. The van der Waals surface area contributed by atoms with Crippen molar-refractivity contribution in [1.82, 2.24) is 4.98 Å². The van der Waals surface area contributed by atoms with Gasteiger partial charge in [-0.1, -0.05) is 0 Å². The van der Waals surface area contributed by atoms with Gasteiger partial charge in [0, 0.05) is 5.38 Å². The van der Waals surface area contributed by atoms with Crippen molar-refractivity contribution in [3.63, 3.8) is 0 Å². The Kier molecular flexibility index (Phi) is 3.53. The minimum Gasteiger partial charge on any atom is -0.508 e. The van der Waals surface area contributed by atoms with Gasteiger partial charge < -0.3 is 10.8 Å². The van der Waals surface area contributed by atoms with Gasteiger partial charge in [0.2, 0.25) is 0 Å². The first kappa shape index (κ1) is 14.1. The number of hydrogen-bond donors (Lipinski definition) is 2. The largest absolute Gasteiger partial charge is 0.508 e. The molecule has 0 radical (unpaired) electrons. The summed E-state index contributed by atoms with van der Waals surface area (Å²) in [5.41, 5.74) is 4.28. The van der Waals surface area contributed by atoms with E-state index in [0.717, 1.165) is 10.3 Å². The average molecular weight is 303 g/mol. The molecule has 106 valence electrons. The summed E-state index contributed by atoms with van der Waals surface area (Å²) in [4.78, 5) is 15.6. The van der Waals surface area contributed by atoms with E-state index in [-0.39, 0.29) is 16.6 Å². The number of nitrogens with two attached hydrogens (primary N) is 1. The fourth-order valence-electron chi connectivity index (χ4n) is 1.43. The quantitative estimate of drug-likeness (QED) is 0.894. The van der Waals surface area contributed by atoms with Crippen LogP contribution in [0, 0.1) is 0 Å². The first-order valence-corrected chi connectivity index (χ1v) is 6.08. The normalized spacial score (nSPS) is 11.3. The molecule has 3 N–H and O–H groups in total. The van der Waals surface area contributed by atoms with E-state index in [1.165, 1.54) is 24.3 Å². The van der Waals surface area contributed by atoms with Crippen molar-refractivity contribution >= 4 is 28.2 Å². The van der Waals surface area contributed by atoms with E-state index < -0.39 is 17.9 Å². The second-order valence-corrected chi connectivity index (χ2v) is 4.54. The van der Waals surface area contributed by atoms with Gasteiger partial charge in [-0.05, 0) is 24.3 Å². The Labute approximate surface area is 115 Å². The minimum atomic E-state index is -4.59.